The summed E-state index contributed by atoms with van der Waals surface area (Å²) in [7, 11) is 2.91. The Labute approximate surface area is 378 Å². The first-order chi connectivity index (χ1) is 30.3. The van der Waals surface area contributed by atoms with Crippen molar-refractivity contribution in [3.63, 3.8) is 0 Å². The van der Waals surface area contributed by atoms with E-state index in [-0.39, 0.29) is 46.0 Å². The van der Waals surface area contributed by atoms with E-state index in [1.165, 1.54) is 27.2 Å². The fourth-order valence-electron chi connectivity index (χ4n) is 5.45. The van der Waals surface area contributed by atoms with E-state index in [0.29, 0.717) is 27.4 Å². The van der Waals surface area contributed by atoms with Gasteiger partial charge in [-0.15, -0.1) is 0 Å². The smallest absolute Gasteiger partial charge is 0.416 e. The van der Waals surface area contributed by atoms with Crippen LogP contribution in [-0.2, 0) is 34.9 Å². The van der Waals surface area contributed by atoms with Crippen LogP contribution in [0.4, 0.5) is 13.2 Å². The molecule has 1 fully saturated rings. The average molecular weight is 999 g/mol. The zero-order valence-corrected chi connectivity index (χ0v) is 36.6. The number of carboxylic acids is 5. The number of methoxy groups -OCH3 is 2. The molecule has 348 valence electrons. The molecule has 1 aromatic heterocycles. The summed E-state index contributed by atoms with van der Waals surface area (Å²) >= 11 is 4.20. The summed E-state index contributed by atoms with van der Waals surface area (Å²) in [6, 6.07) is 14.2. The molecule has 1 saturated heterocycles. The van der Waals surface area contributed by atoms with Crippen LogP contribution < -0.4 is 15.0 Å². The van der Waals surface area contributed by atoms with Crippen LogP contribution >= 0.6 is 27.7 Å². The number of aromatic nitrogens is 1. The normalized spacial score (nSPS) is 14.4. The highest BCUT2D eigenvalue weighted by molar-refractivity contribution is 9.10. The number of nitrogens with one attached hydrogen (secondary N) is 1. The van der Waals surface area contributed by atoms with Crippen LogP contribution in [0.2, 0.25) is 0 Å². The Hall–Kier alpha value is -7.14. The highest BCUT2D eigenvalue weighted by Crippen LogP contribution is 2.40. The third-order valence-corrected chi connectivity index (χ3v) is 9.80. The van der Waals surface area contributed by atoms with Crippen molar-refractivity contribution in [2.75, 3.05) is 14.2 Å². The first kappa shape index (κ1) is 54.0. The van der Waals surface area contributed by atoms with E-state index in [0.717, 1.165) is 42.1 Å². The maximum Gasteiger partial charge on any atom is 0.416 e. The number of H-pyrrole nitrogens is 1. The van der Waals surface area contributed by atoms with Crippen LogP contribution in [0.3, 0.4) is 0 Å². The van der Waals surface area contributed by atoms with Gasteiger partial charge in [0, 0.05) is 23.8 Å². The molecule has 23 heteroatoms. The molecule has 3 atom stereocenters. The van der Waals surface area contributed by atoms with E-state index in [1.807, 2.05) is 0 Å². The zero-order valence-electron chi connectivity index (χ0n) is 34.2. The Kier molecular flexibility index (Phi) is 20.5. The number of carbonyl (C=O) groups excluding carboxylic acids is 2. The number of carboxylic acid groups (broad SMARTS) is 5. The van der Waals surface area contributed by atoms with E-state index in [4.69, 9.17) is 39.7 Å². The highest BCUT2D eigenvalue weighted by Gasteiger charge is 2.42. The number of hydrogen-bond donors (Lipinski definition) is 7. The van der Waals surface area contributed by atoms with Crippen LogP contribution in [0.25, 0.3) is 17.3 Å². The molecule has 0 spiro atoms. The van der Waals surface area contributed by atoms with Gasteiger partial charge in [-0.2, -0.15) is 13.2 Å². The molecule has 1 unspecified atom stereocenters. The number of cyclic esters (lactones) is 1. The zero-order chi connectivity index (χ0) is 49.3. The van der Waals surface area contributed by atoms with Crippen molar-refractivity contribution in [3.8, 4) is 28.5 Å². The number of carbonyl (C=O) groups is 7. The van der Waals surface area contributed by atoms with Gasteiger partial charge < -0.3 is 49.8 Å². The second-order valence-electron chi connectivity index (χ2n) is 13.0. The lowest BCUT2D eigenvalue weighted by molar-refractivity contribution is -0.145. The predicted molar refractivity (Wildman–Crippen MR) is 228 cm³/mol. The Bertz CT molecular complexity index is 2470. The number of para-hydroxylation sites is 1. The van der Waals surface area contributed by atoms with Gasteiger partial charge in [0.2, 0.25) is 0 Å². The van der Waals surface area contributed by atoms with E-state index in [9.17, 15) is 56.6 Å². The SMILES string of the molecule is CC(=O)SC(C)CC(=O)O.COc1cc(/C=C/C(=O)O)cc(Br)c1O.COc1ccccc1[C@@H]1OC(=O)C[C@H]1C(=O)O.O=C(O)c1cc(C(=O)O)c(=O)[nH]c1-c1ccc(C(F)(F)F)cc1. The van der Waals surface area contributed by atoms with E-state index < -0.39 is 76.3 Å². The summed E-state index contributed by atoms with van der Waals surface area (Å²) in [6.07, 6.45) is -2.96. The summed E-state index contributed by atoms with van der Waals surface area (Å²) in [5.74, 6) is -6.61. The Morgan fingerprint density at radius 1 is 0.892 bits per heavy atom. The Morgan fingerprint density at radius 2 is 1.48 bits per heavy atom. The van der Waals surface area contributed by atoms with Crippen molar-refractivity contribution >= 4 is 74.7 Å². The number of aromatic hydroxyl groups is 1. The van der Waals surface area contributed by atoms with Gasteiger partial charge in [0.25, 0.3) is 5.56 Å². The number of aromatic carboxylic acids is 2. The number of halogens is 4. The summed E-state index contributed by atoms with van der Waals surface area (Å²) < 4.78 is 53.1. The molecular weight excluding hydrogens is 959 g/mol. The van der Waals surface area contributed by atoms with Gasteiger partial charge in [-0.25, -0.2) is 14.4 Å². The molecule has 0 aliphatic carbocycles. The van der Waals surface area contributed by atoms with Gasteiger partial charge in [-0.1, -0.05) is 49.0 Å². The second-order valence-corrected chi connectivity index (χ2v) is 15.5. The number of hydrogen-bond acceptors (Lipinski definition) is 13. The number of rotatable bonds is 12. The molecule has 7 N–H and O–H groups in total. The third-order valence-electron chi connectivity index (χ3n) is 8.29. The number of esters is 1. The van der Waals surface area contributed by atoms with E-state index in [2.05, 4.69) is 20.9 Å². The van der Waals surface area contributed by atoms with E-state index >= 15 is 0 Å². The lowest BCUT2D eigenvalue weighted by atomic mass is 9.95. The summed E-state index contributed by atoms with van der Waals surface area (Å²) in [6.45, 7) is 3.16. The molecule has 2 heterocycles. The van der Waals surface area contributed by atoms with Crippen LogP contribution in [0.1, 0.15) is 70.2 Å². The highest BCUT2D eigenvalue weighted by atomic mass is 79.9. The first-order valence-corrected chi connectivity index (χ1v) is 19.8. The minimum atomic E-state index is -4.56. The maximum atomic E-state index is 12.5. The molecule has 3 aromatic carbocycles. The quantitative estimate of drug-likeness (QED) is 0.0544. The van der Waals surface area contributed by atoms with Crippen molar-refractivity contribution in [2.45, 2.75) is 44.2 Å². The number of benzene rings is 3. The van der Waals surface area contributed by atoms with Gasteiger partial charge in [-0.05, 0) is 69.5 Å². The van der Waals surface area contributed by atoms with Crippen LogP contribution in [0.15, 0.2) is 82.1 Å². The summed E-state index contributed by atoms with van der Waals surface area (Å²) in [5.41, 5.74) is -2.38. The lowest BCUT2D eigenvalue weighted by Gasteiger charge is -2.17. The van der Waals surface area contributed by atoms with Crippen LogP contribution in [-0.4, -0.2) is 96.0 Å². The number of ether oxygens (including phenoxy) is 3. The second kappa shape index (κ2) is 24.6. The molecule has 1 aliphatic rings. The molecule has 1 aliphatic heterocycles. The molecule has 18 nitrogen and oxygen atoms in total. The van der Waals surface area contributed by atoms with Crippen molar-refractivity contribution < 1.29 is 91.6 Å². The fraction of sp³-hybridized carbons (Fsp3) is 0.238. The minimum absolute atomic E-state index is 0.00411. The Balaban J connectivity index is 0.000000310. The molecule has 5 rings (SSSR count). The number of phenolic OH excluding ortho intramolecular Hbond substituents is 1. The molecule has 0 radical (unpaired) electrons. The number of aliphatic carboxylic acids is 3. The van der Waals surface area contributed by atoms with Gasteiger partial charge in [0.05, 0.1) is 48.4 Å². The number of aromatic amines is 1. The third kappa shape index (κ3) is 16.8. The topological polar surface area (TPSA) is 301 Å². The van der Waals surface area contributed by atoms with Crippen LogP contribution in [0.5, 0.6) is 17.2 Å². The largest absolute Gasteiger partial charge is 0.503 e. The van der Waals surface area contributed by atoms with Gasteiger partial charge in [0.15, 0.2) is 16.6 Å². The molecule has 0 saturated carbocycles. The van der Waals surface area contributed by atoms with Crippen molar-refractivity contribution in [3.05, 3.63) is 115 Å². The van der Waals surface area contributed by atoms with Crippen molar-refractivity contribution in [2.24, 2.45) is 5.92 Å². The standard InChI is InChI=1S/C14H8F3NO5.C12H12O5.C10H9BrO4.C6H10O3S/c15-14(16,17)7-3-1-6(2-4-7)10-8(12(20)21)5-9(13(22)23)11(19)18-10;1-16-9-5-3-2-4-7(9)11-8(12(14)15)6-10(13)17-11;1-15-8-5-6(2-3-9(12)13)4-7(11)10(8)14;1-4(3-6(8)9)10-5(2)7/h1-5H,(H,18,19)(H,20,21)(H,22,23);2-5,8,11H,6H2,1H3,(H,14,15);2-5,14H,1H3,(H,12,13);4H,3H2,1-2H3,(H,8,9)/b;;3-2+;/t;8-,11+;;/m.1../s1. The van der Waals surface area contributed by atoms with E-state index in [1.54, 1.807) is 43.3 Å². The van der Waals surface area contributed by atoms with Crippen LogP contribution in [0, 0.1) is 5.92 Å². The molecular formula is C42H39BrF3NO17S. The first-order valence-electron chi connectivity index (χ1n) is 18.1. The molecule has 4 aromatic rings. The van der Waals surface area contributed by atoms with Gasteiger partial charge in [0.1, 0.15) is 23.3 Å². The Morgan fingerprint density at radius 3 is 1.97 bits per heavy atom. The summed E-state index contributed by atoms with van der Waals surface area (Å²) in [4.78, 5) is 88.8. The minimum Gasteiger partial charge on any atom is -0.503 e. The monoisotopic (exact) mass is 997 g/mol. The predicted octanol–water partition coefficient (Wildman–Crippen LogP) is 7.23. The number of phenols is 1. The summed E-state index contributed by atoms with van der Waals surface area (Å²) in [5, 5.41) is 53.0. The maximum absolute atomic E-state index is 12.5. The average Bonchev–Trinajstić information content (AvgIpc) is 3.62. The number of pyridine rings is 1. The van der Waals surface area contributed by atoms with Gasteiger partial charge in [-0.3, -0.25) is 24.0 Å². The lowest BCUT2D eigenvalue weighted by Crippen LogP contribution is -2.20. The van der Waals surface area contributed by atoms with Crippen molar-refractivity contribution in [1.29, 1.82) is 0 Å². The number of thioether (sulfide) groups is 1. The molecule has 0 bridgehead atoms. The molecule has 65 heavy (non-hydrogen) atoms. The van der Waals surface area contributed by atoms with Crippen molar-refractivity contribution in [1.82, 2.24) is 4.98 Å². The fourth-order valence-corrected chi connectivity index (χ4v) is 6.70. The molecule has 0 amide bonds. The number of alkyl halides is 3. The van der Waals surface area contributed by atoms with Gasteiger partial charge >= 0.3 is 42.0 Å².